The average Bonchev–Trinajstić information content (AvgIpc) is 3.06. The monoisotopic (exact) mass is 456 g/mol. The number of benzene rings is 2. The maximum absolute atomic E-state index is 12.8. The van der Waals surface area contributed by atoms with Crippen LogP contribution >= 0.6 is 0 Å². The lowest BCUT2D eigenvalue weighted by Gasteiger charge is -2.33. The van der Waals surface area contributed by atoms with E-state index in [1.807, 2.05) is 36.4 Å². The van der Waals surface area contributed by atoms with Gasteiger partial charge in [-0.05, 0) is 42.7 Å². The van der Waals surface area contributed by atoms with E-state index in [4.69, 9.17) is 4.74 Å². The van der Waals surface area contributed by atoms with E-state index in [0.29, 0.717) is 19.1 Å². The molecule has 1 saturated carbocycles. The molecular weight excluding hydrogens is 424 g/mol. The van der Waals surface area contributed by atoms with Crippen LogP contribution in [0.2, 0.25) is 0 Å². The molecule has 1 amide bonds. The van der Waals surface area contributed by atoms with Crippen LogP contribution in [0.1, 0.15) is 49.1 Å². The molecule has 1 N–H and O–H groups in total. The molecule has 0 radical (unpaired) electrons. The third kappa shape index (κ3) is 5.97. The number of likely N-dealkylation sites (tertiary alicyclic amines) is 1. The van der Waals surface area contributed by atoms with Gasteiger partial charge >= 0.3 is 0 Å². The number of nitrogens with one attached hydrogen (secondary N) is 1. The fourth-order valence-electron chi connectivity index (χ4n) is 4.95. The summed E-state index contributed by atoms with van der Waals surface area (Å²) in [7, 11) is -3.43. The molecular formula is C25H32N2O4S. The highest BCUT2D eigenvalue weighted by Gasteiger charge is 2.41. The van der Waals surface area contributed by atoms with Gasteiger partial charge in [-0.2, -0.15) is 0 Å². The maximum atomic E-state index is 12.8. The summed E-state index contributed by atoms with van der Waals surface area (Å²) in [5.74, 6) is 0.523. The zero-order chi connectivity index (χ0) is 22.6. The number of carbonyl (C=O) groups excluding carboxylic acids is 1. The first-order valence-electron chi connectivity index (χ1n) is 11.4. The Bertz CT molecular complexity index is 989. The van der Waals surface area contributed by atoms with Gasteiger partial charge in [0.2, 0.25) is 15.9 Å². The van der Waals surface area contributed by atoms with Gasteiger partial charge < -0.3 is 9.64 Å². The summed E-state index contributed by atoms with van der Waals surface area (Å²) >= 11 is 0. The van der Waals surface area contributed by atoms with Crippen LogP contribution < -0.4 is 4.72 Å². The van der Waals surface area contributed by atoms with Crippen LogP contribution in [0, 0.1) is 0 Å². The molecule has 2 aromatic rings. The van der Waals surface area contributed by atoms with Crippen LogP contribution in [0.3, 0.4) is 0 Å². The number of rotatable bonds is 8. The minimum atomic E-state index is -3.43. The first-order chi connectivity index (χ1) is 15.4. The summed E-state index contributed by atoms with van der Waals surface area (Å²) in [6.45, 7) is 0.794. The molecule has 0 unspecified atom stereocenters. The molecule has 2 aromatic carbocycles. The smallest absolute Gasteiger partial charge is 0.224 e. The highest BCUT2D eigenvalue weighted by molar-refractivity contribution is 7.88. The molecule has 2 atom stereocenters. The van der Waals surface area contributed by atoms with Gasteiger partial charge in [-0.1, -0.05) is 60.7 Å². The molecule has 2 fully saturated rings. The van der Waals surface area contributed by atoms with Gasteiger partial charge in [0.25, 0.3) is 0 Å². The van der Waals surface area contributed by atoms with Crippen LogP contribution in [0.4, 0.5) is 0 Å². The largest absolute Gasteiger partial charge is 0.376 e. The van der Waals surface area contributed by atoms with Crippen molar-refractivity contribution in [1.82, 2.24) is 9.62 Å². The van der Waals surface area contributed by atoms with Crippen molar-refractivity contribution in [2.45, 2.75) is 62.8 Å². The molecule has 2 aliphatic rings. The maximum Gasteiger partial charge on any atom is 0.224 e. The molecule has 1 aliphatic carbocycles. The molecule has 0 spiro atoms. The minimum absolute atomic E-state index is 0.0450. The second-order valence-electron chi connectivity index (χ2n) is 8.99. The molecule has 6 nitrogen and oxygen atoms in total. The molecule has 1 heterocycles. The van der Waals surface area contributed by atoms with Crippen molar-refractivity contribution in [1.29, 1.82) is 0 Å². The van der Waals surface area contributed by atoms with E-state index in [1.54, 1.807) is 4.90 Å². The summed E-state index contributed by atoms with van der Waals surface area (Å²) in [6, 6.07) is 19.6. The van der Waals surface area contributed by atoms with Gasteiger partial charge in [0, 0.05) is 13.0 Å². The van der Waals surface area contributed by atoms with Gasteiger partial charge in [0.15, 0.2) is 0 Å². The van der Waals surface area contributed by atoms with Crippen molar-refractivity contribution in [2.24, 2.45) is 0 Å². The number of ether oxygens (including phenoxy) is 1. The standard InChI is InChI=1S/C25H32N2O4S/c1-32(29,30)26-23-16-25(28)27(17-19-8-4-2-5-9-19)24(23)18-31-22-14-12-21(13-15-22)20-10-6-3-7-11-20/h2-11,21-24,26H,12-18H2,1H3/t21?,22?,23-,24-/m0/s1. The highest BCUT2D eigenvalue weighted by atomic mass is 32.2. The van der Waals surface area contributed by atoms with Gasteiger partial charge in [-0.25, -0.2) is 13.1 Å². The molecule has 0 bridgehead atoms. The van der Waals surface area contributed by atoms with E-state index >= 15 is 0 Å². The van der Waals surface area contributed by atoms with E-state index < -0.39 is 16.1 Å². The number of hydrogen-bond acceptors (Lipinski definition) is 4. The number of nitrogens with zero attached hydrogens (tertiary/aromatic N) is 1. The summed E-state index contributed by atoms with van der Waals surface area (Å²) < 4.78 is 32.7. The van der Waals surface area contributed by atoms with E-state index in [0.717, 1.165) is 37.5 Å². The Morgan fingerprint density at radius 1 is 0.969 bits per heavy atom. The van der Waals surface area contributed by atoms with E-state index in [1.165, 1.54) is 5.56 Å². The van der Waals surface area contributed by atoms with Crippen LogP contribution in [0.15, 0.2) is 60.7 Å². The van der Waals surface area contributed by atoms with Gasteiger partial charge in [0.1, 0.15) is 0 Å². The predicted molar refractivity (Wildman–Crippen MR) is 125 cm³/mol. The lowest BCUT2D eigenvalue weighted by Crippen LogP contribution is -2.47. The van der Waals surface area contributed by atoms with Crippen molar-refractivity contribution in [3.05, 3.63) is 71.8 Å². The number of sulfonamides is 1. The molecule has 7 heteroatoms. The molecule has 1 saturated heterocycles. The third-order valence-corrected chi connectivity index (χ3v) is 7.32. The Morgan fingerprint density at radius 2 is 1.59 bits per heavy atom. The van der Waals surface area contributed by atoms with Crippen molar-refractivity contribution < 1.29 is 17.9 Å². The summed E-state index contributed by atoms with van der Waals surface area (Å²) in [5.41, 5.74) is 2.41. The quantitative estimate of drug-likeness (QED) is 0.660. The van der Waals surface area contributed by atoms with Crippen LogP contribution in [0.5, 0.6) is 0 Å². The van der Waals surface area contributed by atoms with E-state index in [-0.39, 0.29) is 24.5 Å². The van der Waals surface area contributed by atoms with Gasteiger partial charge in [0.05, 0.1) is 31.1 Å². The van der Waals surface area contributed by atoms with Crippen molar-refractivity contribution in [2.75, 3.05) is 12.9 Å². The zero-order valence-electron chi connectivity index (χ0n) is 18.5. The molecule has 172 valence electrons. The Hall–Kier alpha value is -2.22. The Labute approximate surface area is 191 Å². The van der Waals surface area contributed by atoms with Crippen LogP contribution in [-0.4, -0.2) is 50.3 Å². The summed E-state index contributed by atoms with van der Waals surface area (Å²) in [6.07, 6.45) is 5.55. The van der Waals surface area contributed by atoms with Crippen molar-refractivity contribution >= 4 is 15.9 Å². The fraction of sp³-hybridized carbons (Fsp3) is 0.480. The van der Waals surface area contributed by atoms with E-state index in [9.17, 15) is 13.2 Å². The Kier molecular flexibility index (Phi) is 7.28. The number of hydrogen-bond donors (Lipinski definition) is 1. The highest BCUT2D eigenvalue weighted by Crippen LogP contribution is 2.34. The van der Waals surface area contributed by atoms with Crippen LogP contribution in [0.25, 0.3) is 0 Å². The summed E-state index contributed by atoms with van der Waals surface area (Å²) in [4.78, 5) is 14.5. The zero-order valence-corrected chi connectivity index (χ0v) is 19.3. The number of carbonyl (C=O) groups is 1. The third-order valence-electron chi connectivity index (χ3n) is 6.59. The topological polar surface area (TPSA) is 75.7 Å². The SMILES string of the molecule is CS(=O)(=O)N[C@H]1CC(=O)N(Cc2ccccc2)[C@H]1COC1CCC(c2ccccc2)CC1. The molecule has 0 aromatic heterocycles. The second-order valence-corrected chi connectivity index (χ2v) is 10.8. The van der Waals surface area contributed by atoms with Crippen LogP contribution in [-0.2, 0) is 26.1 Å². The molecule has 32 heavy (non-hydrogen) atoms. The Morgan fingerprint density at radius 3 is 2.22 bits per heavy atom. The normalized spacial score (nSPS) is 26.4. The predicted octanol–water partition coefficient (Wildman–Crippen LogP) is 3.45. The second kappa shape index (κ2) is 10.1. The summed E-state index contributed by atoms with van der Waals surface area (Å²) in [5, 5.41) is 0. The average molecular weight is 457 g/mol. The van der Waals surface area contributed by atoms with Gasteiger partial charge in [-0.3, -0.25) is 4.79 Å². The molecule has 4 rings (SSSR count). The fourth-order valence-corrected chi connectivity index (χ4v) is 5.74. The van der Waals surface area contributed by atoms with Gasteiger partial charge in [-0.15, -0.1) is 0 Å². The van der Waals surface area contributed by atoms with E-state index in [2.05, 4.69) is 29.0 Å². The first-order valence-corrected chi connectivity index (χ1v) is 13.3. The number of amides is 1. The minimum Gasteiger partial charge on any atom is -0.376 e. The lowest BCUT2D eigenvalue weighted by molar-refractivity contribution is -0.130. The Balaban J connectivity index is 1.39. The first kappa shape index (κ1) is 23.0. The molecule has 1 aliphatic heterocycles. The van der Waals surface area contributed by atoms with Crippen molar-refractivity contribution in [3.8, 4) is 0 Å². The van der Waals surface area contributed by atoms with Crippen molar-refractivity contribution in [3.63, 3.8) is 0 Å². The lowest BCUT2D eigenvalue weighted by atomic mass is 9.83.